The van der Waals surface area contributed by atoms with E-state index in [1.165, 1.54) is 22.3 Å². The molecule has 0 aliphatic heterocycles. The molecule has 1 nitrogen and oxygen atoms in total. The number of hydrogen-bond acceptors (Lipinski definition) is 1. The lowest BCUT2D eigenvalue weighted by atomic mass is 9.79. The van der Waals surface area contributed by atoms with E-state index in [-0.39, 0.29) is 17.6 Å². The van der Waals surface area contributed by atoms with Crippen LogP contribution in [0.25, 0.3) is 11.6 Å². The van der Waals surface area contributed by atoms with Gasteiger partial charge < -0.3 is 4.74 Å². The van der Waals surface area contributed by atoms with E-state index in [1.54, 1.807) is 0 Å². The number of benzene rings is 2. The fourth-order valence-corrected chi connectivity index (χ4v) is 3.63. The summed E-state index contributed by atoms with van der Waals surface area (Å²) < 4.78 is 6.29. The van der Waals surface area contributed by atoms with E-state index >= 15 is 0 Å². The highest BCUT2D eigenvalue weighted by Crippen LogP contribution is 2.49. The largest absolute Gasteiger partial charge is 0.372 e. The Labute approximate surface area is 133 Å². The van der Waals surface area contributed by atoms with Crippen molar-refractivity contribution in [3.05, 3.63) is 71.3 Å². The maximum Gasteiger partial charge on any atom is 0.0739 e. The summed E-state index contributed by atoms with van der Waals surface area (Å²) in [6, 6.07) is 19.3. The van der Waals surface area contributed by atoms with E-state index in [0.29, 0.717) is 0 Å². The van der Waals surface area contributed by atoms with Crippen molar-refractivity contribution in [2.24, 2.45) is 0 Å². The average molecular weight is 292 g/mol. The van der Waals surface area contributed by atoms with Crippen LogP contribution in [-0.4, -0.2) is 11.7 Å². The van der Waals surface area contributed by atoms with Crippen molar-refractivity contribution in [2.75, 3.05) is 0 Å². The Bertz CT molecular complexity index is 680. The molecule has 0 amide bonds. The zero-order valence-electron chi connectivity index (χ0n) is 13.8. The van der Waals surface area contributed by atoms with Gasteiger partial charge in [0.25, 0.3) is 0 Å². The lowest BCUT2D eigenvalue weighted by Crippen LogP contribution is -2.35. The van der Waals surface area contributed by atoms with Gasteiger partial charge in [-0.1, -0.05) is 60.7 Å². The van der Waals surface area contributed by atoms with Crippen LogP contribution in [-0.2, 0) is 4.74 Å². The van der Waals surface area contributed by atoms with Crippen LogP contribution in [0.2, 0.25) is 0 Å². The smallest absolute Gasteiger partial charge is 0.0739 e. The minimum Gasteiger partial charge on any atom is -0.372 e. The molecule has 1 aliphatic carbocycles. The molecule has 1 atom stereocenters. The molecule has 22 heavy (non-hydrogen) atoms. The Kier molecular flexibility index (Phi) is 3.92. The highest BCUT2D eigenvalue weighted by molar-refractivity contribution is 5.92. The Morgan fingerprint density at radius 2 is 1.55 bits per heavy atom. The molecule has 0 saturated heterocycles. The highest BCUT2D eigenvalue weighted by Gasteiger charge is 2.39. The maximum atomic E-state index is 6.29. The summed E-state index contributed by atoms with van der Waals surface area (Å²) in [5.41, 5.74) is 5.07. The van der Waals surface area contributed by atoms with Crippen LogP contribution in [0.1, 0.15) is 50.3 Å². The molecule has 1 heteroatoms. The summed E-state index contributed by atoms with van der Waals surface area (Å²) >= 11 is 0. The third kappa shape index (κ3) is 2.74. The molecule has 0 bridgehead atoms. The standard InChI is InChI=1S/C21H24O/c1-15(2)22-21(3,4)20-18-13-9-8-12-17(18)14-19(20)16-10-6-5-7-11-16/h5-15,20H,1-4H3/t20-/m0/s1. The fraction of sp³-hybridized carbons (Fsp3) is 0.333. The van der Waals surface area contributed by atoms with Crippen molar-refractivity contribution in [3.8, 4) is 0 Å². The molecule has 1 aliphatic rings. The quantitative estimate of drug-likeness (QED) is 0.720. The van der Waals surface area contributed by atoms with Crippen LogP contribution < -0.4 is 0 Å². The third-order valence-corrected chi connectivity index (χ3v) is 4.27. The topological polar surface area (TPSA) is 9.23 Å². The van der Waals surface area contributed by atoms with Gasteiger partial charge in [0.1, 0.15) is 0 Å². The Balaban J connectivity index is 2.09. The molecule has 0 fully saturated rings. The summed E-state index contributed by atoms with van der Waals surface area (Å²) in [6.45, 7) is 8.62. The van der Waals surface area contributed by atoms with E-state index < -0.39 is 0 Å². The van der Waals surface area contributed by atoms with Crippen molar-refractivity contribution in [2.45, 2.75) is 45.3 Å². The van der Waals surface area contributed by atoms with Gasteiger partial charge in [-0.15, -0.1) is 0 Å². The summed E-state index contributed by atoms with van der Waals surface area (Å²) in [6.07, 6.45) is 2.53. The van der Waals surface area contributed by atoms with Gasteiger partial charge in [0.15, 0.2) is 0 Å². The molecule has 0 saturated carbocycles. The molecule has 0 radical (unpaired) electrons. The molecule has 0 unspecified atom stereocenters. The second-order valence-electron chi connectivity index (χ2n) is 6.80. The normalized spacial score (nSPS) is 17.5. The number of ether oxygens (including phenoxy) is 1. The summed E-state index contributed by atoms with van der Waals surface area (Å²) in [7, 11) is 0. The minimum absolute atomic E-state index is 0.208. The monoisotopic (exact) mass is 292 g/mol. The molecular formula is C21H24O. The lowest BCUT2D eigenvalue weighted by Gasteiger charge is -2.36. The number of rotatable bonds is 4. The Morgan fingerprint density at radius 1 is 0.909 bits per heavy atom. The van der Waals surface area contributed by atoms with Crippen LogP contribution >= 0.6 is 0 Å². The predicted octanol–water partition coefficient (Wildman–Crippen LogP) is 5.53. The molecule has 114 valence electrons. The predicted molar refractivity (Wildman–Crippen MR) is 93.8 cm³/mol. The van der Waals surface area contributed by atoms with Crippen molar-refractivity contribution in [1.82, 2.24) is 0 Å². The second-order valence-corrected chi connectivity index (χ2v) is 6.80. The molecule has 0 heterocycles. The van der Waals surface area contributed by atoms with Gasteiger partial charge in [0, 0.05) is 5.92 Å². The minimum atomic E-state index is -0.248. The van der Waals surface area contributed by atoms with Crippen LogP contribution in [0.15, 0.2) is 54.6 Å². The van der Waals surface area contributed by atoms with Gasteiger partial charge in [-0.05, 0) is 50.0 Å². The van der Waals surface area contributed by atoms with E-state index in [4.69, 9.17) is 4.74 Å². The SMILES string of the molecule is CC(C)OC(C)(C)[C@@H]1C(c2ccccc2)=Cc2ccccc21. The van der Waals surface area contributed by atoms with Gasteiger partial charge in [-0.2, -0.15) is 0 Å². The molecule has 0 N–H and O–H groups in total. The van der Waals surface area contributed by atoms with Crippen molar-refractivity contribution < 1.29 is 4.74 Å². The molecular weight excluding hydrogens is 268 g/mol. The molecule has 3 rings (SSSR count). The maximum absolute atomic E-state index is 6.29. The van der Waals surface area contributed by atoms with Crippen molar-refractivity contribution in [3.63, 3.8) is 0 Å². The average Bonchev–Trinajstić information content (AvgIpc) is 2.87. The summed E-state index contributed by atoms with van der Waals surface area (Å²) in [5, 5.41) is 0. The Morgan fingerprint density at radius 3 is 2.23 bits per heavy atom. The highest BCUT2D eigenvalue weighted by atomic mass is 16.5. The molecule has 0 aromatic heterocycles. The first-order chi connectivity index (χ1) is 10.5. The Hall–Kier alpha value is -1.86. The van der Waals surface area contributed by atoms with Gasteiger partial charge in [0.2, 0.25) is 0 Å². The first kappa shape index (κ1) is 15.1. The van der Waals surface area contributed by atoms with E-state index in [9.17, 15) is 0 Å². The van der Waals surface area contributed by atoms with Crippen molar-refractivity contribution >= 4 is 11.6 Å². The van der Waals surface area contributed by atoms with E-state index in [2.05, 4.69) is 88.4 Å². The lowest BCUT2D eigenvalue weighted by molar-refractivity contribution is -0.0618. The van der Waals surface area contributed by atoms with Crippen LogP contribution in [0.4, 0.5) is 0 Å². The molecule has 2 aromatic rings. The van der Waals surface area contributed by atoms with E-state index in [1.807, 2.05) is 0 Å². The second kappa shape index (κ2) is 5.73. The molecule has 0 spiro atoms. The first-order valence-corrected chi connectivity index (χ1v) is 8.03. The fourth-order valence-electron chi connectivity index (χ4n) is 3.63. The van der Waals surface area contributed by atoms with Gasteiger partial charge in [0.05, 0.1) is 11.7 Å². The third-order valence-electron chi connectivity index (χ3n) is 4.27. The number of hydrogen-bond donors (Lipinski definition) is 0. The zero-order valence-corrected chi connectivity index (χ0v) is 13.8. The van der Waals surface area contributed by atoms with Crippen LogP contribution in [0.5, 0.6) is 0 Å². The first-order valence-electron chi connectivity index (χ1n) is 8.03. The van der Waals surface area contributed by atoms with Crippen LogP contribution in [0.3, 0.4) is 0 Å². The number of fused-ring (bicyclic) bond motifs is 1. The van der Waals surface area contributed by atoms with E-state index in [0.717, 1.165) is 0 Å². The van der Waals surface area contributed by atoms with Crippen molar-refractivity contribution in [1.29, 1.82) is 0 Å². The van der Waals surface area contributed by atoms with Gasteiger partial charge >= 0.3 is 0 Å². The van der Waals surface area contributed by atoms with Gasteiger partial charge in [-0.25, -0.2) is 0 Å². The van der Waals surface area contributed by atoms with Crippen LogP contribution in [0, 0.1) is 0 Å². The summed E-state index contributed by atoms with van der Waals surface area (Å²) in [4.78, 5) is 0. The summed E-state index contributed by atoms with van der Waals surface area (Å²) in [5.74, 6) is 0.258. The molecule has 2 aromatic carbocycles. The van der Waals surface area contributed by atoms with Gasteiger partial charge in [-0.3, -0.25) is 0 Å². The zero-order chi connectivity index (χ0) is 15.7.